The van der Waals surface area contributed by atoms with E-state index in [0.717, 1.165) is 11.6 Å². The Morgan fingerprint density at radius 1 is 1.40 bits per heavy atom. The van der Waals surface area contributed by atoms with Crippen LogP contribution in [0.4, 0.5) is 11.4 Å². The van der Waals surface area contributed by atoms with Crippen molar-refractivity contribution in [2.24, 2.45) is 5.92 Å². The highest BCUT2D eigenvalue weighted by molar-refractivity contribution is 5.62. The fourth-order valence-electron chi connectivity index (χ4n) is 2.32. The van der Waals surface area contributed by atoms with Gasteiger partial charge in [0.2, 0.25) is 0 Å². The normalized spacial score (nSPS) is 16.5. The maximum Gasteiger partial charge on any atom is 0.0416 e. The molecule has 0 atom stereocenters. The molecule has 2 nitrogen and oxygen atoms in total. The van der Waals surface area contributed by atoms with Crippen molar-refractivity contribution in [3.8, 4) is 0 Å². The summed E-state index contributed by atoms with van der Waals surface area (Å²) in [7, 11) is 0. The zero-order chi connectivity index (χ0) is 10.8. The number of hydrogen-bond donors (Lipinski definition) is 1. The average Bonchev–Trinajstić information content (AvgIpc) is 2.15. The van der Waals surface area contributed by atoms with Gasteiger partial charge in [0.05, 0.1) is 0 Å². The predicted octanol–water partition coefficient (Wildman–Crippen LogP) is 2.81. The molecule has 1 heterocycles. The van der Waals surface area contributed by atoms with Crippen molar-refractivity contribution in [1.29, 1.82) is 0 Å². The van der Waals surface area contributed by atoms with Gasteiger partial charge in [0.25, 0.3) is 0 Å². The zero-order valence-electron chi connectivity index (χ0n) is 9.66. The summed E-state index contributed by atoms with van der Waals surface area (Å²) in [4.78, 5) is 2.44. The number of nitrogens with two attached hydrogens (primary N) is 1. The molecule has 0 aromatic heterocycles. The lowest BCUT2D eigenvalue weighted by atomic mass is 9.93. The predicted molar refractivity (Wildman–Crippen MR) is 66.2 cm³/mol. The Morgan fingerprint density at radius 3 is 2.80 bits per heavy atom. The van der Waals surface area contributed by atoms with Gasteiger partial charge in [0.1, 0.15) is 0 Å². The minimum atomic E-state index is 0.870. The molecular formula is C13H20N2. The molecule has 0 saturated carbocycles. The Morgan fingerprint density at radius 2 is 2.13 bits per heavy atom. The van der Waals surface area contributed by atoms with Gasteiger partial charge in [-0.25, -0.2) is 0 Å². The lowest BCUT2D eigenvalue weighted by molar-refractivity contribution is 0.380. The monoisotopic (exact) mass is 204 g/mol. The van der Waals surface area contributed by atoms with E-state index in [-0.39, 0.29) is 0 Å². The maximum absolute atomic E-state index is 5.81. The second-order valence-electron chi connectivity index (χ2n) is 4.61. The van der Waals surface area contributed by atoms with Crippen molar-refractivity contribution < 1.29 is 0 Å². The first kappa shape index (κ1) is 10.3. The number of anilines is 2. The smallest absolute Gasteiger partial charge is 0.0416 e. The minimum absolute atomic E-state index is 0.870. The summed E-state index contributed by atoms with van der Waals surface area (Å²) in [5.74, 6) is 0.899. The van der Waals surface area contributed by atoms with Crippen LogP contribution in [-0.2, 0) is 0 Å². The molecule has 2 N–H and O–H groups in total. The lowest BCUT2D eigenvalue weighted by Gasteiger charge is -2.42. The van der Waals surface area contributed by atoms with Gasteiger partial charge in [0.15, 0.2) is 0 Å². The van der Waals surface area contributed by atoms with E-state index >= 15 is 0 Å². The number of hydrogen-bond acceptors (Lipinski definition) is 2. The summed E-state index contributed by atoms with van der Waals surface area (Å²) in [6, 6.07) is 6.18. The van der Waals surface area contributed by atoms with Crippen LogP contribution in [-0.4, -0.2) is 13.1 Å². The van der Waals surface area contributed by atoms with Crippen molar-refractivity contribution in [3.05, 3.63) is 23.8 Å². The van der Waals surface area contributed by atoms with Crippen LogP contribution < -0.4 is 10.6 Å². The molecule has 1 aromatic rings. The quantitative estimate of drug-likeness (QED) is 0.767. The highest BCUT2D eigenvalue weighted by atomic mass is 15.2. The van der Waals surface area contributed by atoms with Gasteiger partial charge in [-0.3, -0.25) is 0 Å². The number of rotatable bonds is 3. The Bertz CT molecular complexity index is 340. The molecular weight excluding hydrogens is 184 g/mol. The molecule has 0 aliphatic carbocycles. The Balaban J connectivity index is 2.03. The summed E-state index contributed by atoms with van der Waals surface area (Å²) < 4.78 is 0. The van der Waals surface area contributed by atoms with Gasteiger partial charge in [-0.1, -0.05) is 19.4 Å². The minimum Gasteiger partial charge on any atom is -0.399 e. The van der Waals surface area contributed by atoms with Gasteiger partial charge >= 0.3 is 0 Å². The molecule has 1 aliphatic heterocycles. The molecule has 15 heavy (non-hydrogen) atoms. The van der Waals surface area contributed by atoms with Crippen LogP contribution in [0.3, 0.4) is 0 Å². The lowest BCUT2D eigenvalue weighted by Crippen LogP contribution is -2.46. The molecule has 2 heteroatoms. The van der Waals surface area contributed by atoms with Crippen molar-refractivity contribution in [2.75, 3.05) is 23.7 Å². The van der Waals surface area contributed by atoms with Crippen LogP contribution >= 0.6 is 0 Å². The third-order valence-electron chi connectivity index (χ3n) is 3.23. The number of benzene rings is 1. The molecule has 0 bridgehead atoms. The summed E-state index contributed by atoms with van der Waals surface area (Å²) in [5, 5.41) is 0. The molecule has 1 aliphatic rings. The summed E-state index contributed by atoms with van der Waals surface area (Å²) in [6.07, 6.45) is 2.66. The molecule has 0 radical (unpaired) electrons. The SMILES string of the molecule is CCCC1CN(c2cc(N)ccc2C)C1. The van der Waals surface area contributed by atoms with Crippen LogP contribution in [0.2, 0.25) is 0 Å². The molecule has 0 unspecified atom stereocenters. The number of nitrogens with zero attached hydrogens (tertiary/aromatic N) is 1. The van der Waals surface area contributed by atoms with E-state index < -0.39 is 0 Å². The van der Waals surface area contributed by atoms with Crippen LogP contribution in [0.25, 0.3) is 0 Å². The molecule has 0 amide bonds. The first-order valence-electron chi connectivity index (χ1n) is 5.81. The van der Waals surface area contributed by atoms with Gasteiger partial charge < -0.3 is 10.6 Å². The molecule has 0 spiro atoms. The molecule has 1 aromatic carbocycles. The maximum atomic E-state index is 5.81. The highest BCUT2D eigenvalue weighted by Crippen LogP contribution is 2.30. The van der Waals surface area contributed by atoms with E-state index in [1.165, 1.54) is 37.2 Å². The third kappa shape index (κ3) is 2.09. The van der Waals surface area contributed by atoms with Crippen LogP contribution in [0.5, 0.6) is 0 Å². The number of nitrogen functional groups attached to an aromatic ring is 1. The highest BCUT2D eigenvalue weighted by Gasteiger charge is 2.26. The van der Waals surface area contributed by atoms with Crippen molar-refractivity contribution in [3.63, 3.8) is 0 Å². The van der Waals surface area contributed by atoms with Crippen molar-refractivity contribution in [2.45, 2.75) is 26.7 Å². The largest absolute Gasteiger partial charge is 0.399 e. The summed E-state index contributed by atoms with van der Waals surface area (Å²) >= 11 is 0. The molecule has 1 fully saturated rings. The second-order valence-corrected chi connectivity index (χ2v) is 4.61. The van der Waals surface area contributed by atoms with Crippen LogP contribution in [0, 0.1) is 12.8 Å². The summed E-state index contributed by atoms with van der Waals surface area (Å²) in [5.41, 5.74) is 9.33. The van der Waals surface area contributed by atoms with Crippen LogP contribution in [0.15, 0.2) is 18.2 Å². The van der Waals surface area contributed by atoms with Crippen LogP contribution in [0.1, 0.15) is 25.3 Å². The zero-order valence-corrected chi connectivity index (χ0v) is 9.66. The molecule has 1 saturated heterocycles. The summed E-state index contributed by atoms with van der Waals surface area (Å²) in [6.45, 7) is 6.83. The van der Waals surface area contributed by atoms with E-state index in [0.29, 0.717) is 0 Å². The van der Waals surface area contributed by atoms with Gasteiger partial charge in [-0.05, 0) is 37.0 Å². The standard InChI is InChI=1S/C13H20N2/c1-3-4-11-8-15(9-11)13-7-12(14)6-5-10(13)2/h5-7,11H,3-4,8-9,14H2,1-2H3. The molecule has 82 valence electrons. The Hall–Kier alpha value is -1.18. The fourth-order valence-corrected chi connectivity index (χ4v) is 2.32. The molecule has 2 rings (SSSR count). The Kier molecular flexibility index (Phi) is 2.85. The number of aryl methyl sites for hydroxylation is 1. The average molecular weight is 204 g/mol. The van der Waals surface area contributed by atoms with E-state index in [1.54, 1.807) is 0 Å². The van der Waals surface area contributed by atoms with E-state index in [2.05, 4.69) is 30.9 Å². The van der Waals surface area contributed by atoms with E-state index in [1.807, 2.05) is 6.07 Å². The topological polar surface area (TPSA) is 29.3 Å². The van der Waals surface area contributed by atoms with Gasteiger partial charge in [0, 0.05) is 24.5 Å². The van der Waals surface area contributed by atoms with Crippen molar-refractivity contribution >= 4 is 11.4 Å². The van der Waals surface area contributed by atoms with E-state index in [4.69, 9.17) is 5.73 Å². The fraction of sp³-hybridized carbons (Fsp3) is 0.538. The second kappa shape index (κ2) is 4.13. The van der Waals surface area contributed by atoms with E-state index in [9.17, 15) is 0 Å². The van der Waals surface area contributed by atoms with Gasteiger partial charge in [-0.15, -0.1) is 0 Å². The third-order valence-corrected chi connectivity index (χ3v) is 3.23. The first-order valence-corrected chi connectivity index (χ1v) is 5.81. The Labute approximate surface area is 92.1 Å². The van der Waals surface area contributed by atoms with Gasteiger partial charge in [-0.2, -0.15) is 0 Å². The van der Waals surface area contributed by atoms with Crippen molar-refractivity contribution in [1.82, 2.24) is 0 Å². The first-order chi connectivity index (χ1) is 7.20.